The van der Waals surface area contributed by atoms with Crippen molar-refractivity contribution in [3.63, 3.8) is 0 Å². The van der Waals surface area contributed by atoms with E-state index in [-0.39, 0.29) is 0 Å². The van der Waals surface area contributed by atoms with Crippen molar-refractivity contribution in [3.8, 4) is 0 Å². The molecule has 0 amide bonds. The maximum Gasteiger partial charge on any atom is 0.490 e. The van der Waals surface area contributed by atoms with Crippen LogP contribution >= 0.6 is 0 Å². The van der Waals surface area contributed by atoms with Crippen molar-refractivity contribution < 1.29 is 36.2 Å². The predicted octanol–water partition coefficient (Wildman–Crippen LogP) is 4.30. The van der Waals surface area contributed by atoms with Gasteiger partial charge in [-0.3, -0.25) is 0 Å². The number of hydrogen-bond acceptors (Lipinski definition) is 8. The molecule has 1 saturated heterocycles. The Bertz CT molecular complexity index is 1430. The second kappa shape index (κ2) is 14.1. The molecule has 3 N–H and O–H groups in total. The maximum atomic E-state index is 12.5. The summed E-state index contributed by atoms with van der Waals surface area (Å²) in [6, 6.07) is 16.7. The fourth-order valence-corrected chi connectivity index (χ4v) is 6.08. The van der Waals surface area contributed by atoms with Gasteiger partial charge in [-0.05, 0) is 61.8 Å². The summed E-state index contributed by atoms with van der Waals surface area (Å²) >= 11 is 0. The molecule has 0 spiro atoms. The number of nitrogens with zero attached hydrogens (tertiary/aromatic N) is 3. The van der Waals surface area contributed by atoms with Gasteiger partial charge in [0.2, 0.25) is 16.0 Å². The zero-order chi connectivity index (χ0) is 30.2. The summed E-state index contributed by atoms with van der Waals surface area (Å²) in [4.78, 5) is 21.1. The van der Waals surface area contributed by atoms with E-state index in [1.807, 2.05) is 24.3 Å². The van der Waals surface area contributed by atoms with Gasteiger partial charge in [0.1, 0.15) is 5.82 Å². The van der Waals surface area contributed by atoms with Crippen LogP contribution in [-0.4, -0.2) is 75.0 Å². The SMILES string of the molecule is O=C(O)C(F)(F)F.O=S(=O)(NCC1CCC(CNc2nc(N3CCOCC3)c3ccccc3n2)CC1)c1ccccc1. The van der Waals surface area contributed by atoms with Crippen LogP contribution < -0.4 is 14.9 Å². The van der Waals surface area contributed by atoms with Crippen LogP contribution in [-0.2, 0) is 19.6 Å². The standard InChI is InChI=1S/C26H33N5O3S.C2HF3O2/c32-35(33,22-6-2-1-3-7-22)28-19-21-12-10-20(11-13-21)18-27-26-29-24-9-5-4-8-23(24)25(30-26)31-14-16-34-17-15-31;3-2(4,5)1(6)7/h1-9,20-21,28H,10-19H2,(H,27,29,30);(H,6,7). The Morgan fingerprint density at radius 3 is 2.12 bits per heavy atom. The fraction of sp³-hybridized carbons (Fsp3) is 0.464. The van der Waals surface area contributed by atoms with E-state index in [4.69, 9.17) is 24.6 Å². The quantitative estimate of drug-likeness (QED) is 0.342. The van der Waals surface area contributed by atoms with Gasteiger partial charge < -0.3 is 20.1 Å². The van der Waals surface area contributed by atoms with Crippen LogP contribution in [0.1, 0.15) is 25.7 Å². The first kappa shape index (κ1) is 31.4. The van der Waals surface area contributed by atoms with E-state index in [0.717, 1.165) is 62.0 Å². The molecule has 5 rings (SSSR count). The van der Waals surface area contributed by atoms with Crippen molar-refractivity contribution in [2.45, 2.75) is 36.8 Å². The van der Waals surface area contributed by atoms with Crippen molar-refractivity contribution in [1.82, 2.24) is 14.7 Å². The molecule has 228 valence electrons. The van der Waals surface area contributed by atoms with Gasteiger partial charge >= 0.3 is 12.1 Å². The van der Waals surface area contributed by atoms with E-state index in [0.29, 0.717) is 42.4 Å². The van der Waals surface area contributed by atoms with Crippen LogP contribution in [0.15, 0.2) is 59.5 Å². The number of anilines is 2. The molecule has 1 saturated carbocycles. The van der Waals surface area contributed by atoms with Crippen LogP contribution in [0, 0.1) is 11.8 Å². The number of fused-ring (bicyclic) bond motifs is 1. The number of aromatic nitrogens is 2. The number of halogens is 3. The lowest BCUT2D eigenvalue weighted by atomic mass is 9.82. The highest BCUT2D eigenvalue weighted by molar-refractivity contribution is 7.89. The van der Waals surface area contributed by atoms with Gasteiger partial charge in [0, 0.05) is 31.6 Å². The molecule has 2 aromatic carbocycles. The first-order valence-corrected chi connectivity index (χ1v) is 15.2. The lowest BCUT2D eigenvalue weighted by Crippen LogP contribution is -2.37. The summed E-state index contributed by atoms with van der Waals surface area (Å²) in [5.41, 5.74) is 0.945. The molecule has 42 heavy (non-hydrogen) atoms. The predicted molar refractivity (Wildman–Crippen MR) is 152 cm³/mol. The average molecular weight is 610 g/mol. The molecular weight excluding hydrogens is 575 g/mol. The van der Waals surface area contributed by atoms with Crippen LogP contribution in [0.5, 0.6) is 0 Å². The lowest BCUT2D eigenvalue weighted by Gasteiger charge is -2.30. The Hall–Kier alpha value is -3.49. The molecule has 2 heterocycles. The van der Waals surface area contributed by atoms with Gasteiger partial charge in [0.05, 0.1) is 23.6 Å². The number of carbonyl (C=O) groups is 1. The van der Waals surface area contributed by atoms with Gasteiger partial charge in [-0.15, -0.1) is 0 Å². The number of ether oxygens (including phenoxy) is 1. The molecule has 0 unspecified atom stereocenters. The molecule has 2 aliphatic rings. The summed E-state index contributed by atoms with van der Waals surface area (Å²) in [5.74, 6) is -0.222. The number of benzene rings is 2. The number of nitrogens with one attached hydrogen (secondary N) is 2. The molecule has 0 bridgehead atoms. The molecule has 1 aromatic heterocycles. The van der Waals surface area contributed by atoms with Crippen molar-refractivity contribution >= 4 is 38.7 Å². The normalized spacial score (nSPS) is 19.5. The molecule has 3 aromatic rings. The first-order valence-electron chi connectivity index (χ1n) is 13.7. The minimum Gasteiger partial charge on any atom is -0.475 e. The fourth-order valence-electron chi connectivity index (χ4n) is 4.94. The molecule has 1 aliphatic heterocycles. The Morgan fingerprint density at radius 2 is 1.50 bits per heavy atom. The van der Waals surface area contributed by atoms with E-state index in [1.165, 1.54) is 0 Å². The van der Waals surface area contributed by atoms with Gasteiger partial charge in [0.15, 0.2) is 0 Å². The third-order valence-electron chi connectivity index (χ3n) is 7.27. The second-order valence-electron chi connectivity index (χ2n) is 10.2. The minimum absolute atomic E-state index is 0.324. The zero-order valence-corrected chi connectivity index (χ0v) is 23.7. The molecule has 14 heteroatoms. The zero-order valence-electron chi connectivity index (χ0n) is 22.9. The molecule has 1 aliphatic carbocycles. The molecule has 10 nitrogen and oxygen atoms in total. The van der Waals surface area contributed by atoms with E-state index in [9.17, 15) is 21.6 Å². The highest BCUT2D eigenvalue weighted by atomic mass is 32.2. The monoisotopic (exact) mass is 609 g/mol. The van der Waals surface area contributed by atoms with Crippen molar-refractivity contribution in [2.75, 3.05) is 49.6 Å². The van der Waals surface area contributed by atoms with Crippen LogP contribution in [0.25, 0.3) is 10.9 Å². The van der Waals surface area contributed by atoms with Gasteiger partial charge in [-0.1, -0.05) is 30.3 Å². The van der Waals surface area contributed by atoms with Gasteiger partial charge in [0.25, 0.3) is 0 Å². The van der Waals surface area contributed by atoms with E-state index in [1.54, 1.807) is 24.3 Å². The highest BCUT2D eigenvalue weighted by Gasteiger charge is 2.38. The van der Waals surface area contributed by atoms with Crippen molar-refractivity contribution in [3.05, 3.63) is 54.6 Å². The lowest BCUT2D eigenvalue weighted by molar-refractivity contribution is -0.192. The summed E-state index contributed by atoms with van der Waals surface area (Å²) in [7, 11) is -3.44. The number of sulfonamides is 1. The Morgan fingerprint density at radius 1 is 0.929 bits per heavy atom. The summed E-state index contributed by atoms with van der Waals surface area (Å²) in [6.45, 7) is 4.41. The molecule has 2 fully saturated rings. The van der Waals surface area contributed by atoms with Gasteiger partial charge in [-0.2, -0.15) is 18.2 Å². The largest absolute Gasteiger partial charge is 0.490 e. The Balaban J connectivity index is 0.000000517. The summed E-state index contributed by atoms with van der Waals surface area (Å²) in [5, 5.41) is 11.7. The molecule has 0 radical (unpaired) electrons. The second-order valence-corrected chi connectivity index (χ2v) is 12.0. The third kappa shape index (κ3) is 8.76. The first-order chi connectivity index (χ1) is 20.0. The van der Waals surface area contributed by atoms with Crippen LogP contribution in [0.3, 0.4) is 0 Å². The third-order valence-corrected chi connectivity index (χ3v) is 8.71. The topological polar surface area (TPSA) is 134 Å². The highest BCUT2D eigenvalue weighted by Crippen LogP contribution is 2.30. The summed E-state index contributed by atoms with van der Waals surface area (Å²) < 4.78 is 65.0. The number of para-hydroxylation sites is 1. The number of rotatable bonds is 8. The van der Waals surface area contributed by atoms with E-state index >= 15 is 0 Å². The molecule has 0 atom stereocenters. The Labute approximate surface area is 242 Å². The number of morpholine rings is 1. The van der Waals surface area contributed by atoms with Crippen LogP contribution in [0.2, 0.25) is 0 Å². The van der Waals surface area contributed by atoms with E-state index in [2.05, 4.69) is 21.0 Å². The van der Waals surface area contributed by atoms with Crippen LogP contribution in [0.4, 0.5) is 24.9 Å². The van der Waals surface area contributed by atoms with Crippen molar-refractivity contribution in [2.24, 2.45) is 11.8 Å². The number of carboxylic acid groups (broad SMARTS) is 1. The number of aliphatic carboxylic acids is 1. The van der Waals surface area contributed by atoms with E-state index < -0.39 is 22.2 Å². The maximum absolute atomic E-state index is 12.5. The minimum atomic E-state index is -5.08. The molecular formula is C28H34F3N5O5S. The Kier molecular flexibility index (Phi) is 10.6. The smallest absolute Gasteiger partial charge is 0.475 e. The van der Waals surface area contributed by atoms with Crippen molar-refractivity contribution in [1.29, 1.82) is 0 Å². The average Bonchev–Trinajstić information content (AvgIpc) is 3.00. The number of alkyl halides is 3. The van der Waals surface area contributed by atoms with Gasteiger partial charge in [-0.25, -0.2) is 22.9 Å². The number of carboxylic acids is 1. The number of hydrogen-bond donors (Lipinski definition) is 3. The summed E-state index contributed by atoms with van der Waals surface area (Å²) in [6.07, 6.45) is -0.925.